The van der Waals surface area contributed by atoms with E-state index in [1.54, 1.807) is 35.5 Å². The summed E-state index contributed by atoms with van der Waals surface area (Å²) >= 11 is 0. The third-order valence-corrected chi connectivity index (χ3v) is 5.27. The van der Waals surface area contributed by atoms with Crippen LogP contribution in [0.3, 0.4) is 0 Å². The summed E-state index contributed by atoms with van der Waals surface area (Å²) in [6.07, 6.45) is 6.10. The summed E-state index contributed by atoms with van der Waals surface area (Å²) < 4.78 is 27.1. The van der Waals surface area contributed by atoms with Gasteiger partial charge < -0.3 is 23.7 Å². The Morgan fingerprint density at radius 3 is 1.84 bits per heavy atom. The molecule has 1 fully saturated rings. The topological polar surface area (TPSA) is 63.2 Å². The molecule has 0 atom stereocenters. The zero-order chi connectivity index (χ0) is 22.4. The molecule has 31 heavy (non-hydrogen) atoms. The van der Waals surface area contributed by atoms with Crippen LogP contribution in [0, 0.1) is 0 Å². The lowest BCUT2D eigenvalue weighted by Crippen LogP contribution is -2.12. The van der Waals surface area contributed by atoms with Crippen LogP contribution in [0.25, 0.3) is 12.2 Å². The number of hydrogen-bond donors (Lipinski definition) is 0. The molecule has 3 rings (SSSR count). The van der Waals surface area contributed by atoms with Gasteiger partial charge in [-0.2, -0.15) is 0 Å². The van der Waals surface area contributed by atoms with Gasteiger partial charge in [0.05, 0.1) is 35.5 Å². The first-order chi connectivity index (χ1) is 15.1. The van der Waals surface area contributed by atoms with Crippen LogP contribution in [0.5, 0.6) is 28.7 Å². The number of ether oxygens (including phenoxy) is 5. The number of para-hydroxylation sites is 1. The Balaban J connectivity index is 1.98. The van der Waals surface area contributed by atoms with Crippen LogP contribution >= 0.6 is 0 Å². The molecule has 0 unspecified atom stereocenters. The molecule has 1 aliphatic rings. The lowest BCUT2D eigenvalue weighted by molar-refractivity contribution is -0.112. The predicted octanol–water partition coefficient (Wildman–Crippen LogP) is 4.95. The number of hydrogen-bond acceptors (Lipinski definition) is 6. The van der Waals surface area contributed by atoms with E-state index < -0.39 is 0 Å². The standard InChI is InChI=1S/C25H28O6/c1-27-20-11-7-10-19(24(20)30-4)15-18-9-6-8-17(23(18)26)12-16-13-21(28-2)25(31-5)22(14-16)29-3/h7,10-15H,6,8-9H2,1-5H3/b17-12+,18-15+. The number of rotatable bonds is 7. The second-order valence-electron chi connectivity index (χ2n) is 7.06. The van der Waals surface area contributed by atoms with Crippen LogP contribution < -0.4 is 23.7 Å². The van der Waals surface area contributed by atoms with Crippen LogP contribution in [0.4, 0.5) is 0 Å². The van der Waals surface area contributed by atoms with E-state index in [9.17, 15) is 4.79 Å². The summed E-state index contributed by atoms with van der Waals surface area (Å²) in [4.78, 5) is 13.2. The molecule has 2 aromatic rings. The average molecular weight is 424 g/mol. The quantitative estimate of drug-likeness (QED) is 0.586. The summed E-state index contributed by atoms with van der Waals surface area (Å²) in [5, 5.41) is 0. The Bertz CT molecular complexity index is 994. The lowest BCUT2D eigenvalue weighted by Gasteiger charge is -2.18. The summed E-state index contributed by atoms with van der Waals surface area (Å²) in [5.41, 5.74) is 3.13. The van der Waals surface area contributed by atoms with Crippen molar-refractivity contribution >= 4 is 17.9 Å². The van der Waals surface area contributed by atoms with Crippen molar-refractivity contribution in [2.75, 3.05) is 35.5 Å². The van der Waals surface area contributed by atoms with E-state index >= 15 is 0 Å². The van der Waals surface area contributed by atoms with Gasteiger partial charge in [-0.15, -0.1) is 0 Å². The van der Waals surface area contributed by atoms with Gasteiger partial charge in [-0.1, -0.05) is 12.1 Å². The molecule has 0 bridgehead atoms. The molecule has 0 aromatic heterocycles. The van der Waals surface area contributed by atoms with E-state index in [0.717, 1.165) is 28.7 Å². The molecule has 0 radical (unpaired) electrons. The fourth-order valence-corrected chi connectivity index (χ4v) is 3.78. The van der Waals surface area contributed by atoms with Gasteiger partial charge in [0.25, 0.3) is 0 Å². The average Bonchev–Trinajstić information content (AvgIpc) is 2.80. The van der Waals surface area contributed by atoms with Gasteiger partial charge in [-0.25, -0.2) is 0 Å². The predicted molar refractivity (Wildman–Crippen MR) is 120 cm³/mol. The van der Waals surface area contributed by atoms with Crippen molar-refractivity contribution in [2.24, 2.45) is 0 Å². The number of carbonyl (C=O) groups excluding carboxylic acids is 1. The maximum Gasteiger partial charge on any atom is 0.203 e. The smallest absolute Gasteiger partial charge is 0.203 e. The van der Waals surface area contributed by atoms with Crippen LogP contribution in [0.1, 0.15) is 30.4 Å². The second kappa shape index (κ2) is 10.1. The van der Waals surface area contributed by atoms with Gasteiger partial charge in [0.15, 0.2) is 28.8 Å². The van der Waals surface area contributed by atoms with Crippen molar-refractivity contribution in [1.82, 2.24) is 0 Å². The fraction of sp³-hybridized carbons (Fsp3) is 0.320. The summed E-state index contributed by atoms with van der Waals surface area (Å²) in [5.74, 6) is 2.90. The Morgan fingerprint density at radius 1 is 0.710 bits per heavy atom. The molecule has 0 heterocycles. The maximum atomic E-state index is 13.2. The third-order valence-electron chi connectivity index (χ3n) is 5.27. The van der Waals surface area contributed by atoms with E-state index in [1.165, 1.54) is 0 Å². The Labute approximate surface area is 183 Å². The number of benzene rings is 2. The fourth-order valence-electron chi connectivity index (χ4n) is 3.78. The van der Waals surface area contributed by atoms with E-state index in [1.807, 2.05) is 42.5 Å². The van der Waals surface area contributed by atoms with Crippen LogP contribution in [0.15, 0.2) is 41.5 Å². The van der Waals surface area contributed by atoms with Crippen molar-refractivity contribution in [3.63, 3.8) is 0 Å². The number of ketones is 1. The lowest BCUT2D eigenvalue weighted by atomic mass is 9.86. The molecule has 0 saturated heterocycles. The minimum absolute atomic E-state index is 0.0323. The molecular weight excluding hydrogens is 396 g/mol. The molecular formula is C25H28O6. The van der Waals surface area contributed by atoms with Crippen molar-refractivity contribution in [2.45, 2.75) is 19.3 Å². The minimum Gasteiger partial charge on any atom is -0.493 e. The Morgan fingerprint density at radius 2 is 1.29 bits per heavy atom. The number of methoxy groups -OCH3 is 5. The number of allylic oxidation sites excluding steroid dienone is 2. The summed E-state index contributed by atoms with van der Waals surface area (Å²) in [6.45, 7) is 0. The molecule has 1 saturated carbocycles. The monoisotopic (exact) mass is 424 g/mol. The van der Waals surface area contributed by atoms with Crippen molar-refractivity contribution in [3.05, 3.63) is 52.6 Å². The Hall–Kier alpha value is -3.41. The third kappa shape index (κ3) is 4.68. The van der Waals surface area contributed by atoms with Crippen LogP contribution in [0.2, 0.25) is 0 Å². The molecule has 6 nitrogen and oxygen atoms in total. The zero-order valence-electron chi connectivity index (χ0n) is 18.6. The van der Waals surface area contributed by atoms with Gasteiger partial charge in [0.2, 0.25) is 5.75 Å². The summed E-state index contributed by atoms with van der Waals surface area (Å²) in [7, 11) is 7.90. The number of carbonyl (C=O) groups is 1. The molecule has 0 spiro atoms. The SMILES string of the molecule is COc1cccc(/C=C2\CCC/C(=C\c3cc(OC)c(OC)c(OC)c3)C2=O)c1OC. The Kier molecular flexibility index (Phi) is 7.23. The van der Waals surface area contributed by atoms with E-state index in [-0.39, 0.29) is 5.78 Å². The largest absolute Gasteiger partial charge is 0.493 e. The van der Waals surface area contributed by atoms with Gasteiger partial charge in [0.1, 0.15) is 0 Å². The highest BCUT2D eigenvalue weighted by molar-refractivity contribution is 6.14. The molecule has 1 aliphatic carbocycles. The maximum absolute atomic E-state index is 13.2. The molecule has 0 aliphatic heterocycles. The normalized spacial score (nSPS) is 16.4. The molecule has 164 valence electrons. The molecule has 0 amide bonds. The first-order valence-corrected chi connectivity index (χ1v) is 10.0. The van der Waals surface area contributed by atoms with Crippen LogP contribution in [-0.4, -0.2) is 41.3 Å². The van der Waals surface area contributed by atoms with Gasteiger partial charge in [-0.05, 0) is 55.2 Å². The molecule has 0 N–H and O–H groups in total. The van der Waals surface area contributed by atoms with Crippen LogP contribution in [-0.2, 0) is 4.79 Å². The summed E-state index contributed by atoms with van der Waals surface area (Å²) in [6, 6.07) is 9.31. The highest BCUT2D eigenvalue weighted by Gasteiger charge is 2.22. The molecule has 6 heteroatoms. The van der Waals surface area contributed by atoms with E-state index in [0.29, 0.717) is 41.6 Å². The zero-order valence-corrected chi connectivity index (χ0v) is 18.6. The van der Waals surface area contributed by atoms with Gasteiger partial charge in [-0.3, -0.25) is 4.79 Å². The number of Topliss-reactive ketones (excluding diaryl/α,β-unsaturated/α-hetero) is 1. The first kappa shape index (κ1) is 22.3. The van der Waals surface area contributed by atoms with E-state index in [4.69, 9.17) is 23.7 Å². The van der Waals surface area contributed by atoms with E-state index in [2.05, 4.69) is 0 Å². The first-order valence-electron chi connectivity index (χ1n) is 10.0. The highest BCUT2D eigenvalue weighted by atomic mass is 16.5. The van der Waals surface area contributed by atoms with Gasteiger partial charge >= 0.3 is 0 Å². The van der Waals surface area contributed by atoms with Crippen molar-refractivity contribution < 1.29 is 28.5 Å². The van der Waals surface area contributed by atoms with Crippen molar-refractivity contribution in [3.8, 4) is 28.7 Å². The van der Waals surface area contributed by atoms with Gasteiger partial charge in [0, 0.05) is 16.7 Å². The van der Waals surface area contributed by atoms with Crippen molar-refractivity contribution in [1.29, 1.82) is 0 Å². The highest BCUT2D eigenvalue weighted by Crippen LogP contribution is 2.40. The molecule has 2 aromatic carbocycles. The second-order valence-corrected chi connectivity index (χ2v) is 7.06. The minimum atomic E-state index is 0.0323.